The van der Waals surface area contributed by atoms with Crippen LogP contribution in [0.25, 0.3) is 0 Å². The van der Waals surface area contributed by atoms with Crippen LogP contribution in [0, 0.1) is 5.82 Å². The number of carbonyl (C=O) groups excluding carboxylic acids is 1. The number of nitrogens with one attached hydrogen (secondary N) is 3. The lowest BCUT2D eigenvalue weighted by Gasteiger charge is -2.13. The van der Waals surface area contributed by atoms with Crippen LogP contribution < -0.4 is 26.4 Å². The predicted molar refractivity (Wildman–Crippen MR) is 95.5 cm³/mol. The van der Waals surface area contributed by atoms with E-state index in [9.17, 15) is 14.3 Å². The molecule has 0 heterocycles. The summed E-state index contributed by atoms with van der Waals surface area (Å²) in [7, 11) is 1.52. The quantitative estimate of drug-likeness (QED) is 0.528. The zero-order chi connectivity index (χ0) is 18.2. The molecule has 0 radical (unpaired) electrons. The van der Waals surface area contributed by atoms with E-state index in [0.717, 1.165) is 5.69 Å². The smallest absolute Gasteiger partial charge is 0.323 e. The highest BCUT2D eigenvalue weighted by Crippen LogP contribution is 2.25. The summed E-state index contributed by atoms with van der Waals surface area (Å²) in [5.74, 6) is -0.0333. The molecular weight excluding hydrogens is 327 g/mol. The first-order valence-corrected chi connectivity index (χ1v) is 7.66. The molecule has 0 saturated heterocycles. The van der Waals surface area contributed by atoms with Crippen LogP contribution in [0.2, 0.25) is 0 Å². The van der Waals surface area contributed by atoms with Crippen LogP contribution in [-0.4, -0.2) is 31.3 Å². The van der Waals surface area contributed by atoms with Crippen molar-refractivity contribution in [3.05, 3.63) is 47.8 Å². The average molecular weight is 348 g/mol. The van der Waals surface area contributed by atoms with Gasteiger partial charge in [0.1, 0.15) is 11.6 Å². The van der Waals surface area contributed by atoms with Gasteiger partial charge in [-0.05, 0) is 18.2 Å². The monoisotopic (exact) mass is 348 g/mol. The van der Waals surface area contributed by atoms with Crippen LogP contribution in [0.3, 0.4) is 0 Å². The van der Waals surface area contributed by atoms with Crippen molar-refractivity contribution in [2.24, 2.45) is 5.73 Å². The molecule has 0 fully saturated rings. The topological polar surface area (TPSA) is 109 Å². The molecule has 0 unspecified atom stereocenters. The fourth-order valence-corrected chi connectivity index (χ4v) is 2.23. The molecule has 134 valence electrons. The minimum Gasteiger partial charge on any atom is -0.497 e. The molecule has 0 aliphatic rings. The van der Waals surface area contributed by atoms with E-state index in [1.54, 1.807) is 18.2 Å². The van der Waals surface area contributed by atoms with Crippen LogP contribution >= 0.6 is 0 Å². The van der Waals surface area contributed by atoms with E-state index in [1.807, 2.05) is 0 Å². The Morgan fingerprint density at radius 2 is 2.00 bits per heavy atom. The molecule has 8 heteroatoms. The Balaban J connectivity index is 2.13. The number of ether oxygens (including phenoxy) is 1. The number of nitrogens with two attached hydrogens (primary N) is 1. The van der Waals surface area contributed by atoms with Gasteiger partial charge in [-0.15, -0.1) is 0 Å². The first-order valence-electron chi connectivity index (χ1n) is 7.66. The summed E-state index contributed by atoms with van der Waals surface area (Å²) in [5.41, 5.74) is 6.91. The second-order valence-electron chi connectivity index (χ2n) is 5.17. The highest BCUT2D eigenvalue weighted by Gasteiger charge is 2.11. The van der Waals surface area contributed by atoms with E-state index < -0.39 is 18.5 Å². The van der Waals surface area contributed by atoms with Gasteiger partial charge >= 0.3 is 6.03 Å². The van der Waals surface area contributed by atoms with Gasteiger partial charge in [-0.25, -0.2) is 9.18 Å². The van der Waals surface area contributed by atoms with Gasteiger partial charge < -0.3 is 31.5 Å². The highest BCUT2D eigenvalue weighted by molar-refractivity contribution is 6.00. The first kappa shape index (κ1) is 18.5. The second kappa shape index (κ2) is 8.86. The van der Waals surface area contributed by atoms with Crippen molar-refractivity contribution >= 4 is 23.1 Å². The summed E-state index contributed by atoms with van der Waals surface area (Å²) in [6.45, 7) is 0.514. The molecule has 25 heavy (non-hydrogen) atoms. The fourth-order valence-electron chi connectivity index (χ4n) is 2.23. The summed E-state index contributed by atoms with van der Waals surface area (Å²) in [6, 6.07) is 8.74. The Bertz CT molecular complexity index is 740. The number of carbonyl (C=O) groups is 1. The summed E-state index contributed by atoms with van der Waals surface area (Å²) < 4.78 is 18.8. The fraction of sp³-hybridized carbons (Fsp3) is 0.235. The number of hydrogen-bond acceptors (Lipinski definition) is 5. The molecule has 2 aromatic rings. The first-order chi connectivity index (χ1) is 12.1. The third-order valence-corrected chi connectivity index (χ3v) is 3.40. The van der Waals surface area contributed by atoms with Gasteiger partial charge in [-0.2, -0.15) is 0 Å². The maximum Gasteiger partial charge on any atom is 0.323 e. The van der Waals surface area contributed by atoms with Crippen LogP contribution in [-0.2, 0) is 6.61 Å². The lowest BCUT2D eigenvalue weighted by Crippen LogP contribution is -2.21. The highest BCUT2D eigenvalue weighted by atomic mass is 19.1. The van der Waals surface area contributed by atoms with Crippen molar-refractivity contribution in [1.29, 1.82) is 0 Å². The number of halogens is 1. The molecule has 0 aliphatic carbocycles. The normalized spacial score (nSPS) is 10.2. The maximum absolute atomic E-state index is 13.6. The van der Waals surface area contributed by atoms with Crippen LogP contribution in [0.1, 0.15) is 5.56 Å². The number of methoxy groups -OCH3 is 1. The molecule has 6 N–H and O–H groups in total. The molecular formula is C17H21FN4O3. The predicted octanol–water partition coefficient (Wildman–Crippen LogP) is 2.34. The van der Waals surface area contributed by atoms with Gasteiger partial charge in [0, 0.05) is 42.2 Å². The van der Waals surface area contributed by atoms with Gasteiger partial charge in [-0.3, -0.25) is 0 Å². The van der Waals surface area contributed by atoms with Crippen molar-refractivity contribution in [3.63, 3.8) is 0 Å². The Morgan fingerprint density at radius 3 is 2.68 bits per heavy atom. The molecule has 0 atom stereocenters. The summed E-state index contributed by atoms with van der Waals surface area (Å²) in [4.78, 5) is 12.2. The van der Waals surface area contributed by atoms with E-state index in [4.69, 9.17) is 10.5 Å². The number of aliphatic hydroxyl groups is 1. The second-order valence-corrected chi connectivity index (χ2v) is 5.17. The van der Waals surface area contributed by atoms with Gasteiger partial charge in [0.05, 0.1) is 19.4 Å². The Labute approximate surface area is 145 Å². The standard InChI is InChI=1S/C17H21FN4O3/c1-25-13-8-11(20-6-5-19)7-12(9-13)21-17(24)22-16-4-2-3-15(18)14(16)10-23/h2-4,7-9,20,23H,5-6,10,19H2,1H3,(H2,21,22,24). The van der Waals surface area contributed by atoms with E-state index in [0.29, 0.717) is 24.5 Å². The van der Waals surface area contributed by atoms with E-state index in [2.05, 4.69) is 16.0 Å². The van der Waals surface area contributed by atoms with Gasteiger partial charge in [0.2, 0.25) is 0 Å². The van der Waals surface area contributed by atoms with Crippen LogP contribution in [0.4, 0.5) is 26.2 Å². The van der Waals surface area contributed by atoms with Crippen molar-refractivity contribution in [2.45, 2.75) is 6.61 Å². The molecule has 0 spiro atoms. The lowest BCUT2D eigenvalue weighted by molar-refractivity contribution is 0.261. The number of aliphatic hydroxyl groups excluding tert-OH is 1. The van der Waals surface area contributed by atoms with Gasteiger partial charge in [0.25, 0.3) is 0 Å². The molecule has 0 saturated carbocycles. The minimum atomic E-state index is -0.588. The summed E-state index contributed by atoms with van der Waals surface area (Å²) in [5, 5.41) is 17.5. The van der Waals surface area contributed by atoms with Crippen LogP contribution in [0.15, 0.2) is 36.4 Å². The molecule has 0 bridgehead atoms. The zero-order valence-corrected chi connectivity index (χ0v) is 13.8. The average Bonchev–Trinajstić information content (AvgIpc) is 2.59. The third kappa shape index (κ3) is 5.07. The number of amides is 2. The maximum atomic E-state index is 13.6. The molecule has 2 aromatic carbocycles. The molecule has 2 amide bonds. The Hall–Kier alpha value is -2.84. The molecule has 7 nitrogen and oxygen atoms in total. The van der Waals surface area contributed by atoms with Crippen molar-refractivity contribution in [1.82, 2.24) is 0 Å². The van der Waals surface area contributed by atoms with Gasteiger partial charge in [-0.1, -0.05) is 6.07 Å². The molecule has 2 rings (SSSR count). The van der Waals surface area contributed by atoms with Crippen molar-refractivity contribution in [3.8, 4) is 5.75 Å². The number of benzene rings is 2. The number of hydrogen-bond donors (Lipinski definition) is 5. The van der Waals surface area contributed by atoms with E-state index in [-0.39, 0.29) is 11.3 Å². The van der Waals surface area contributed by atoms with E-state index >= 15 is 0 Å². The number of anilines is 3. The Morgan fingerprint density at radius 1 is 1.24 bits per heavy atom. The zero-order valence-electron chi connectivity index (χ0n) is 13.8. The van der Waals surface area contributed by atoms with Crippen molar-refractivity contribution in [2.75, 3.05) is 36.1 Å². The largest absolute Gasteiger partial charge is 0.497 e. The number of urea groups is 1. The molecule has 0 aromatic heterocycles. The summed E-state index contributed by atoms with van der Waals surface area (Å²) >= 11 is 0. The van der Waals surface area contributed by atoms with E-state index in [1.165, 1.54) is 25.3 Å². The summed E-state index contributed by atoms with van der Waals surface area (Å²) in [6.07, 6.45) is 0. The molecule has 0 aliphatic heterocycles. The van der Waals surface area contributed by atoms with Gasteiger partial charge in [0.15, 0.2) is 0 Å². The van der Waals surface area contributed by atoms with Crippen molar-refractivity contribution < 1.29 is 19.0 Å². The number of rotatable bonds is 7. The third-order valence-electron chi connectivity index (χ3n) is 3.40. The SMILES string of the molecule is COc1cc(NCCN)cc(NC(=O)Nc2cccc(F)c2CO)c1. The van der Waals surface area contributed by atoms with Crippen LogP contribution in [0.5, 0.6) is 5.75 Å². The lowest BCUT2D eigenvalue weighted by atomic mass is 10.2. The minimum absolute atomic E-state index is 0.0218. The Kier molecular flexibility index (Phi) is 6.55.